The predicted octanol–water partition coefficient (Wildman–Crippen LogP) is 4.44. The molecule has 7 nitrogen and oxygen atoms in total. The zero-order valence-corrected chi connectivity index (χ0v) is 23.6. The number of nitrogens with one attached hydrogen (secondary N) is 2. The van der Waals surface area contributed by atoms with Crippen LogP contribution in [-0.4, -0.2) is 61.5 Å². The summed E-state index contributed by atoms with van der Waals surface area (Å²) in [5, 5.41) is 6.63. The van der Waals surface area contributed by atoms with Crippen LogP contribution in [0.25, 0.3) is 0 Å². The second-order valence-corrected chi connectivity index (χ2v) is 13.1. The van der Waals surface area contributed by atoms with Crippen molar-refractivity contribution >= 4 is 11.8 Å². The molecular formula is C30H48N2O5. The summed E-state index contributed by atoms with van der Waals surface area (Å²) < 4.78 is 18.6. The van der Waals surface area contributed by atoms with E-state index < -0.39 is 0 Å². The van der Waals surface area contributed by atoms with E-state index in [0.717, 1.165) is 83.8 Å². The molecule has 4 saturated carbocycles. The minimum absolute atomic E-state index is 0.0530. The number of ether oxygens (including phenoxy) is 3. The van der Waals surface area contributed by atoms with Crippen LogP contribution in [0.3, 0.4) is 0 Å². The summed E-state index contributed by atoms with van der Waals surface area (Å²) in [4.78, 5) is 26.8. The first-order valence-corrected chi connectivity index (χ1v) is 14.7. The largest absolute Gasteiger partial charge is 0.379 e. The third-order valence-electron chi connectivity index (χ3n) is 10.6. The average molecular weight is 517 g/mol. The highest BCUT2D eigenvalue weighted by molar-refractivity contribution is 5.87. The Morgan fingerprint density at radius 2 is 1.65 bits per heavy atom. The van der Waals surface area contributed by atoms with Gasteiger partial charge in [0.2, 0.25) is 11.8 Å². The van der Waals surface area contributed by atoms with E-state index in [2.05, 4.69) is 44.4 Å². The van der Waals surface area contributed by atoms with Crippen LogP contribution in [0, 0.1) is 16.7 Å². The molecular weight excluding hydrogens is 468 g/mol. The maximum Gasteiger partial charge on any atom is 0.226 e. The van der Waals surface area contributed by atoms with E-state index in [1.54, 1.807) is 7.11 Å². The van der Waals surface area contributed by atoms with Gasteiger partial charge in [-0.05, 0) is 85.0 Å². The number of carbonyl (C=O) groups excluding carboxylic acids is 2. The Hall–Kier alpha value is -1.44. The van der Waals surface area contributed by atoms with E-state index >= 15 is 0 Å². The summed E-state index contributed by atoms with van der Waals surface area (Å²) in [6.07, 6.45) is 11.9. The Bertz CT molecular complexity index is 898. The number of carbonyl (C=O) groups is 2. The van der Waals surface area contributed by atoms with Crippen molar-refractivity contribution in [3.8, 4) is 0 Å². The van der Waals surface area contributed by atoms with Gasteiger partial charge in [0, 0.05) is 30.4 Å². The molecule has 4 aliphatic carbocycles. The van der Waals surface area contributed by atoms with Gasteiger partial charge in [-0.1, -0.05) is 25.0 Å². The molecule has 2 aliphatic heterocycles. The molecule has 6 fully saturated rings. The summed E-state index contributed by atoms with van der Waals surface area (Å²) in [5.74, 6) is 0.460. The van der Waals surface area contributed by atoms with Gasteiger partial charge in [-0.3, -0.25) is 9.59 Å². The number of rotatable bonds is 10. The van der Waals surface area contributed by atoms with Crippen LogP contribution in [-0.2, 0) is 23.8 Å². The molecule has 0 unspecified atom stereocenters. The highest BCUT2D eigenvalue weighted by Gasteiger charge is 2.72. The number of epoxide rings is 2. The van der Waals surface area contributed by atoms with Gasteiger partial charge in [-0.15, -0.1) is 0 Å². The van der Waals surface area contributed by atoms with Gasteiger partial charge < -0.3 is 24.8 Å². The fourth-order valence-electron chi connectivity index (χ4n) is 7.90. The Balaban J connectivity index is 1.24. The number of hydrogen-bond donors (Lipinski definition) is 2. The van der Waals surface area contributed by atoms with E-state index in [0.29, 0.717) is 0 Å². The molecule has 6 aliphatic rings. The smallest absolute Gasteiger partial charge is 0.226 e. The van der Waals surface area contributed by atoms with Crippen LogP contribution in [0.2, 0.25) is 0 Å². The number of methoxy groups -OCH3 is 1. The van der Waals surface area contributed by atoms with Gasteiger partial charge in [-0.2, -0.15) is 0 Å². The maximum absolute atomic E-state index is 13.8. The highest BCUT2D eigenvalue weighted by Crippen LogP contribution is 2.60. The van der Waals surface area contributed by atoms with Crippen LogP contribution in [0.1, 0.15) is 98.3 Å². The van der Waals surface area contributed by atoms with Crippen molar-refractivity contribution in [1.29, 1.82) is 0 Å². The summed E-state index contributed by atoms with van der Waals surface area (Å²) in [6, 6.07) is -0.0530. The van der Waals surface area contributed by atoms with Crippen molar-refractivity contribution in [2.75, 3.05) is 20.3 Å². The van der Waals surface area contributed by atoms with Crippen molar-refractivity contribution in [2.45, 2.75) is 128 Å². The lowest BCUT2D eigenvalue weighted by atomic mass is 9.53. The van der Waals surface area contributed by atoms with Crippen molar-refractivity contribution in [3.63, 3.8) is 0 Å². The summed E-state index contributed by atoms with van der Waals surface area (Å²) in [7, 11) is 1.76. The van der Waals surface area contributed by atoms with Crippen molar-refractivity contribution in [2.24, 2.45) is 16.7 Å². The number of fused-ring (bicyclic) bond motifs is 3. The number of amides is 2. The molecule has 208 valence electrons. The minimum atomic E-state index is -0.351. The molecule has 0 aromatic carbocycles. The maximum atomic E-state index is 13.8. The molecule has 1 spiro atoms. The molecule has 2 saturated heterocycles. The number of hydrogen-bond acceptors (Lipinski definition) is 5. The SMILES string of the molecule is CCCCNC(=O)C12CCC(C(=O)N[C@@H]3CC[C@]4(CO4)[C@@H]([C@]4(C)O[C@@H]4CC=C(C)C)[C@@H]3OC)(CC1)CC2. The number of allylic oxidation sites excluding steroid dienone is 1. The second kappa shape index (κ2) is 9.95. The fourth-order valence-corrected chi connectivity index (χ4v) is 7.90. The van der Waals surface area contributed by atoms with Gasteiger partial charge in [0.15, 0.2) is 0 Å². The van der Waals surface area contributed by atoms with Crippen LogP contribution in [0.5, 0.6) is 0 Å². The molecule has 0 aromatic rings. The normalized spacial score (nSPS) is 43.8. The zero-order chi connectivity index (χ0) is 26.5. The Labute approximate surface area is 222 Å². The van der Waals surface area contributed by atoms with Crippen molar-refractivity contribution < 1.29 is 23.8 Å². The third-order valence-corrected chi connectivity index (χ3v) is 10.6. The van der Waals surface area contributed by atoms with E-state index in [-0.39, 0.29) is 58.0 Å². The highest BCUT2D eigenvalue weighted by atomic mass is 16.6. The molecule has 0 aromatic heterocycles. The van der Waals surface area contributed by atoms with E-state index in [4.69, 9.17) is 14.2 Å². The molecule has 2 N–H and O–H groups in total. The molecule has 2 amide bonds. The Morgan fingerprint density at radius 1 is 1.03 bits per heavy atom. The topological polar surface area (TPSA) is 92.5 Å². The van der Waals surface area contributed by atoms with Gasteiger partial charge in [0.05, 0.1) is 30.5 Å². The first-order chi connectivity index (χ1) is 17.6. The predicted molar refractivity (Wildman–Crippen MR) is 142 cm³/mol. The molecule has 6 atom stereocenters. The van der Waals surface area contributed by atoms with Crippen LogP contribution in [0.15, 0.2) is 11.6 Å². The quantitative estimate of drug-likeness (QED) is 0.255. The zero-order valence-electron chi connectivity index (χ0n) is 23.6. The lowest BCUT2D eigenvalue weighted by Crippen LogP contribution is -2.62. The first kappa shape index (κ1) is 27.1. The van der Waals surface area contributed by atoms with Crippen LogP contribution >= 0.6 is 0 Å². The van der Waals surface area contributed by atoms with Gasteiger partial charge >= 0.3 is 0 Å². The standard InChI is InChI=1S/C30H48N2O5/c1-6-7-18-31-25(33)28-12-15-29(16-13-28,17-14-28)26(34)32-21-10-11-30(19-36-30)24(23(21)35-5)27(4)22(37-27)9-8-20(2)3/h8,21-24H,6-7,9-19H2,1-5H3,(H,31,33)(H,32,34)/t21-,22-,23-,24-,27-,28?,29?,30+/m1/s1. The Kier molecular flexibility index (Phi) is 7.29. The minimum Gasteiger partial charge on any atom is -0.379 e. The molecule has 6 rings (SSSR count). The van der Waals surface area contributed by atoms with Gasteiger partial charge in [-0.25, -0.2) is 0 Å². The molecule has 2 heterocycles. The monoisotopic (exact) mass is 516 g/mol. The van der Waals surface area contributed by atoms with Crippen molar-refractivity contribution in [3.05, 3.63) is 11.6 Å². The van der Waals surface area contributed by atoms with Gasteiger partial charge in [0.25, 0.3) is 0 Å². The van der Waals surface area contributed by atoms with Gasteiger partial charge in [0.1, 0.15) is 5.60 Å². The van der Waals surface area contributed by atoms with Crippen LogP contribution in [0.4, 0.5) is 0 Å². The van der Waals surface area contributed by atoms with Crippen LogP contribution < -0.4 is 10.6 Å². The first-order valence-electron chi connectivity index (χ1n) is 14.7. The molecule has 37 heavy (non-hydrogen) atoms. The molecule has 0 radical (unpaired) electrons. The molecule has 7 heteroatoms. The fraction of sp³-hybridized carbons (Fsp3) is 0.867. The van der Waals surface area contributed by atoms with Crippen molar-refractivity contribution in [1.82, 2.24) is 10.6 Å². The average Bonchev–Trinajstić information content (AvgIpc) is 3.81. The number of unbranched alkanes of at least 4 members (excludes halogenated alkanes) is 1. The Morgan fingerprint density at radius 3 is 2.19 bits per heavy atom. The summed E-state index contributed by atoms with van der Waals surface area (Å²) in [6.45, 7) is 10.1. The summed E-state index contributed by atoms with van der Waals surface area (Å²) in [5.41, 5.74) is 0.194. The molecule has 2 bridgehead atoms. The third kappa shape index (κ3) is 4.78. The van der Waals surface area contributed by atoms with E-state index in [1.807, 2.05) is 0 Å². The second-order valence-electron chi connectivity index (χ2n) is 13.1. The summed E-state index contributed by atoms with van der Waals surface area (Å²) >= 11 is 0. The van der Waals surface area contributed by atoms with E-state index in [1.165, 1.54) is 5.57 Å². The van der Waals surface area contributed by atoms with E-state index in [9.17, 15) is 9.59 Å². The lowest BCUT2D eigenvalue weighted by molar-refractivity contribution is -0.153. The lowest BCUT2D eigenvalue weighted by Gasteiger charge is -2.52.